The number of aliphatic hydroxyl groups excluding tert-OH is 2. The molecule has 3 rings (SSSR count). The summed E-state index contributed by atoms with van der Waals surface area (Å²) in [6.45, 7) is 27.6. The standard InChI is InChI=1S/C69H120N12O17/c1-23-25-26-43(13)57(83)56-61(87)72-48(24-2)63(89)81-37-47(97-31-32-98-69(95)80-27-29-96-30-28-80)36-52(81)66(92)78(21)55(46(16)82)60(86)73-53(41(9)10)67(93)74(17)49(33-38(3)4)59(85)70-44(14)58(84)71-45(15)62(88)75(18)50(34-39(5)6)64(90)76(19)51(35-40(7)8)65(91)77(20)54(42(11)12)68(94)79(56)22/h23,25,38-57,82-83H,24,26-37H2,1-22H3,(H,70,85)(H,71,84)(H,72,87)(H,73,86)/b25-23+/t43-,44+,45-,46-,47?,48+,49+,50+,51+,52-,53+,54+,55?,56+,57-/m1/s1. The van der Waals surface area contributed by atoms with Crippen molar-refractivity contribution >= 4 is 71.1 Å². The van der Waals surface area contributed by atoms with Crippen molar-refractivity contribution in [2.75, 3.05) is 88.3 Å². The third kappa shape index (κ3) is 22.8. The number of hydrogen-bond donors (Lipinski definition) is 6. The Morgan fingerprint density at radius 2 is 1.04 bits per heavy atom. The Bertz CT molecular complexity index is 2760. The number of carbonyl (C=O) groups is 12. The quantitative estimate of drug-likeness (QED) is 0.0838. The maximum absolute atomic E-state index is 15.4. The van der Waals surface area contributed by atoms with Gasteiger partial charge in [0.2, 0.25) is 65.0 Å². The second-order valence-electron chi connectivity index (χ2n) is 28.8. The Labute approximate surface area is 581 Å². The van der Waals surface area contributed by atoms with Gasteiger partial charge in [-0.3, -0.25) is 52.7 Å². The summed E-state index contributed by atoms with van der Waals surface area (Å²) >= 11 is 0. The van der Waals surface area contributed by atoms with Crippen LogP contribution in [0.15, 0.2) is 12.2 Å². The van der Waals surface area contributed by atoms with Gasteiger partial charge in [-0.05, 0) is 95.3 Å². The van der Waals surface area contributed by atoms with Gasteiger partial charge in [-0.15, -0.1) is 0 Å². The highest BCUT2D eigenvalue weighted by molar-refractivity contribution is 6.00. The molecule has 12 amide bonds. The van der Waals surface area contributed by atoms with Gasteiger partial charge < -0.3 is 84.9 Å². The highest BCUT2D eigenvalue weighted by Gasteiger charge is 2.49. The van der Waals surface area contributed by atoms with E-state index in [0.29, 0.717) is 26.3 Å². The van der Waals surface area contributed by atoms with Crippen molar-refractivity contribution in [1.29, 1.82) is 0 Å². The monoisotopic (exact) mass is 1390 g/mol. The minimum atomic E-state index is -1.72. The zero-order valence-corrected chi connectivity index (χ0v) is 62.5. The molecular formula is C69H120N12O17. The fraction of sp³-hybridized carbons (Fsp3) is 0.797. The highest BCUT2D eigenvalue weighted by atomic mass is 16.6. The number of amides is 12. The fourth-order valence-electron chi connectivity index (χ4n) is 12.8. The van der Waals surface area contributed by atoms with E-state index in [0.717, 1.165) is 14.7 Å². The summed E-state index contributed by atoms with van der Waals surface area (Å²) in [7, 11) is 8.22. The molecule has 0 aromatic carbocycles. The summed E-state index contributed by atoms with van der Waals surface area (Å²) in [6.07, 6.45) is -0.885. The van der Waals surface area contributed by atoms with Crippen LogP contribution < -0.4 is 21.3 Å². The van der Waals surface area contributed by atoms with Gasteiger partial charge in [0.15, 0.2) is 0 Å². The first-order valence-electron chi connectivity index (χ1n) is 34.9. The van der Waals surface area contributed by atoms with Crippen LogP contribution in [0.4, 0.5) is 4.79 Å². The molecule has 3 aliphatic heterocycles. The van der Waals surface area contributed by atoms with Gasteiger partial charge in [-0.1, -0.05) is 95.2 Å². The van der Waals surface area contributed by atoms with Gasteiger partial charge in [-0.2, -0.15) is 0 Å². The van der Waals surface area contributed by atoms with Crippen molar-refractivity contribution < 1.29 is 82.0 Å². The number of nitrogens with one attached hydrogen (secondary N) is 4. The largest absolute Gasteiger partial charge is 0.447 e. The van der Waals surface area contributed by atoms with E-state index in [1.165, 1.54) is 87.6 Å². The number of likely N-dealkylation sites (N-methyl/N-ethyl adjacent to an activating group) is 6. The molecule has 3 fully saturated rings. The van der Waals surface area contributed by atoms with E-state index < -0.39 is 174 Å². The Morgan fingerprint density at radius 1 is 0.551 bits per heavy atom. The summed E-state index contributed by atoms with van der Waals surface area (Å²) in [5.74, 6) is -11.1. The minimum absolute atomic E-state index is 0.0869. The zero-order chi connectivity index (χ0) is 74.7. The fourth-order valence-corrected chi connectivity index (χ4v) is 12.8. The molecule has 0 saturated carbocycles. The number of aliphatic hydroxyl groups is 2. The smallest absolute Gasteiger partial charge is 0.409 e. The minimum Gasteiger partial charge on any atom is -0.447 e. The number of allylic oxidation sites excluding steroid dienone is 2. The van der Waals surface area contributed by atoms with Gasteiger partial charge in [0.1, 0.15) is 73.1 Å². The molecule has 0 aromatic heterocycles. The van der Waals surface area contributed by atoms with Crippen LogP contribution in [0.3, 0.4) is 0 Å². The number of carbonyl (C=O) groups excluding carboxylic acids is 12. The number of fused-ring (bicyclic) bond motifs is 1. The van der Waals surface area contributed by atoms with E-state index >= 15 is 28.8 Å². The lowest BCUT2D eigenvalue weighted by Crippen LogP contribution is -2.64. The molecule has 0 aliphatic carbocycles. The van der Waals surface area contributed by atoms with Crippen LogP contribution in [0, 0.1) is 35.5 Å². The normalized spacial score (nSPS) is 28.2. The van der Waals surface area contributed by atoms with E-state index in [1.807, 2.05) is 41.5 Å². The molecule has 558 valence electrons. The van der Waals surface area contributed by atoms with Crippen molar-refractivity contribution in [3.63, 3.8) is 0 Å². The maximum Gasteiger partial charge on any atom is 0.409 e. The Kier molecular flexibility index (Phi) is 34.0. The number of rotatable bonds is 18. The van der Waals surface area contributed by atoms with Crippen LogP contribution >= 0.6 is 0 Å². The SMILES string of the molecule is C/C=C/C[C@@H](C)[C@@H](O)[C@H]1C(=O)N[C@@H](CC)C(=O)N2CC(OCCOC(=O)N3CCOCC3)C[C@@H]2C(=O)N(C)C([C@@H](C)O)C(=O)N[C@@H](C(C)C)C(=O)N(C)[C@@H](CC(C)C)C(=O)N[C@@H](C)C(=O)N[C@H](C)C(=O)N(C)[C@@H](CC(C)C)C(=O)N(C)[C@@H](CC(C)C)C(=O)N(C)[C@@H](C(C)C)C(=O)N1C. The van der Waals surface area contributed by atoms with E-state index in [4.69, 9.17) is 14.2 Å². The maximum atomic E-state index is 15.4. The van der Waals surface area contributed by atoms with Crippen molar-refractivity contribution in [2.24, 2.45) is 35.5 Å². The zero-order valence-electron chi connectivity index (χ0n) is 62.5. The number of morpholine rings is 1. The van der Waals surface area contributed by atoms with Crippen LogP contribution in [-0.2, 0) is 67.0 Å². The third-order valence-electron chi connectivity index (χ3n) is 18.7. The van der Waals surface area contributed by atoms with Crippen molar-refractivity contribution in [2.45, 2.75) is 234 Å². The van der Waals surface area contributed by atoms with Crippen LogP contribution in [-0.4, -0.2) is 294 Å². The predicted molar refractivity (Wildman–Crippen MR) is 367 cm³/mol. The molecule has 2 unspecified atom stereocenters. The first kappa shape index (κ1) is 85.2. The summed E-state index contributed by atoms with van der Waals surface area (Å²) in [6, 6.07) is -15.2. The third-order valence-corrected chi connectivity index (χ3v) is 18.7. The topological polar surface area (TPSA) is 347 Å². The molecule has 98 heavy (non-hydrogen) atoms. The molecule has 15 atom stereocenters. The van der Waals surface area contributed by atoms with Crippen LogP contribution in [0.5, 0.6) is 0 Å². The molecule has 3 heterocycles. The number of nitrogens with zero attached hydrogens (tertiary/aromatic N) is 8. The van der Waals surface area contributed by atoms with Crippen molar-refractivity contribution in [3.8, 4) is 0 Å². The number of hydrogen-bond acceptors (Lipinski definition) is 17. The average molecular weight is 1390 g/mol. The van der Waals surface area contributed by atoms with E-state index in [9.17, 15) is 39.0 Å². The molecular weight excluding hydrogens is 1270 g/mol. The summed E-state index contributed by atoms with van der Waals surface area (Å²) < 4.78 is 17.0. The predicted octanol–water partition coefficient (Wildman–Crippen LogP) is 1.60. The second-order valence-corrected chi connectivity index (χ2v) is 28.8. The first-order chi connectivity index (χ1) is 45.7. The first-order valence-corrected chi connectivity index (χ1v) is 34.9. The van der Waals surface area contributed by atoms with E-state index in [1.54, 1.807) is 60.6 Å². The molecule has 0 radical (unpaired) electrons. The van der Waals surface area contributed by atoms with Gasteiger partial charge in [0.05, 0.1) is 38.1 Å². The number of ether oxygens (including phenoxy) is 3. The van der Waals surface area contributed by atoms with Gasteiger partial charge in [-0.25, -0.2) is 4.79 Å². The summed E-state index contributed by atoms with van der Waals surface area (Å²) in [5.41, 5.74) is 0. The van der Waals surface area contributed by atoms with Gasteiger partial charge in [0, 0.05) is 68.3 Å². The summed E-state index contributed by atoms with van der Waals surface area (Å²) in [4.78, 5) is 186. The van der Waals surface area contributed by atoms with Crippen molar-refractivity contribution in [1.82, 2.24) is 60.5 Å². The lowest BCUT2D eigenvalue weighted by Gasteiger charge is -2.41. The van der Waals surface area contributed by atoms with Gasteiger partial charge >= 0.3 is 6.09 Å². The average Bonchev–Trinajstić information content (AvgIpc) is 1.45. The highest BCUT2D eigenvalue weighted by Crippen LogP contribution is 2.28. The van der Waals surface area contributed by atoms with Gasteiger partial charge in [0.25, 0.3) is 0 Å². The lowest BCUT2D eigenvalue weighted by atomic mass is 9.91. The van der Waals surface area contributed by atoms with Crippen LogP contribution in [0.2, 0.25) is 0 Å². The van der Waals surface area contributed by atoms with Crippen molar-refractivity contribution in [3.05, 3.63) is 12.2 Å². The summed E-state index contributed by atoms with van der Waals surface area (Å²) in [5, 5.41) is 34.6. The molecule has 29 nitrogen and oxygen atoms in total. The Balaban J connectivity index is 2.36. The molecule has 6 N–H and O–H groups in total. The molecule has 3 saturated heterocycles. The van der Waals surface area contributed by atoms with Crippen LogP contribution in [0.25, 0.3) is 0 Å². The Hall–Kier alpha value is -6.98. The molecule has 3 aliphatic rings. The Morgan fingerprint density at radius 3 is 1.55 bits per heavy atom. The lowest BCUT2D eigenvalue weighted by molar-refractivity contribution is -0.157. The molecule has 0 bridgehead atoms. The molecule has 29 heteroatoms. The molecule has 0 aromatic rings. The second kappa shape index (κ2) is 39.1. The van der Waals surface area contributed by atoms with E-state index in [-0.39, 0.29) is 76.0 Å². The van der Waals surface area contributed by atoms with E-state index in [2.05, 4.69) is 21.3 Å². The van der Waals surface area contributed by atoms with Crippen LogP contribution in [0.1, 0.15) is 149 Å². The molecule has 0 spiro atoms.